The highest BCUT2D eigenvalue weighted by molar-refractivity contribution is 5.84. The van der Waals surface area contributed by atoms with Crippen molar-refractivity contribution in [3.63, 3.8) is 0 Å². The smallest absolute Gasteiger partial charge is 0.106 e. The highest BCUT2D eigenvalue weighted by atomic mass is 14.9. The Labute approximate surface area is 128 Å². The molecule has 110 valence electrons. The predicted octanol–water partition coefficient (Wildman–Crippen LogP) is 5.26. The van der Waals surface area contributed by atoms with Crippen molar-refractivity contribution >= 4 is 11.1 Å². The van der Waals surface area contributed by atoms with Crippen LogP contribution in [0.4, 0.5) is 0 Å². The molecule has 1 aromatic heterocycles. The lowest BCUT2D eigenvalue weighted by molar-refractivity contribution is 0.985. The van der Waals surface area contributed by atoms with Crippen LogP contribution in [0.15, 0.2) is 61.8 Å². The van der Waals surface area contributed by atoms with Crippen LogP contribution in [-0.4, -0.2) is 9.97 Å². The van der Waals surface area contributed by atoms with Gasteiger partial charge in [-0.05, 0) is 19.4 Å². The molecule has 1 N–H and O–H groups in total. The van der Waals surface area contributed by atoms with E-state index in [1.54, 1.807) is 12.2 Å². The summed E-state index contributed by atoms with van der Waals surface area (Å²) in [4.78, 5) is 8.13. The Hall–Kier alpha value is -2.35. The van der Waals surface area contributed by atoms with Crippen LogP contribution < -0.4 is 0 Å². The predicted molar refractivity (Wildman–Crippen MR) is 93.9 cm³/mol. The van der Waals surface area contributed by atoms with Crippen molar-refractivity contribution in [2.45, 2.75) is 27.2 Å². The molecule has 2 nitrogen and oxygen atoms in total. The van der Waals surface area contributed by atoms with Gasteiger partial charge in [0.15, 0.2) is 0 Å². The summed E-state index contributed by atoms with van der Waals surface area (Å²) in [5.41, 5.74) is 4.05. The maximum Gasteiger partial charge on any atom is 0.106 e. The number of hydrogen-bond acceptors (Lipinski definition) is 1. The molecule has 1 heterocycles. The van der Waals surface area contributed by atoms with Gasteiger partial charge in [0, 0.05) is 12.0 Å². The topological polar surface area (TPSA) is 28.7 Å². The quantitative estimate of drug-likeness (QED) is 0.678. The van der Waals surface area contributed by atoms with Crippen LogP contribution in [0.5, 0.6) is 0 Å². The average Bonchev–Trinajstić information content (AvgIpc) is 2.91. The molecule has 21 heavy (non-hydrogen) atoms. The first-order chi connectivity index (χ1) is 10.2. The molecule has 0 atom stereocenters. The Morgan fingerprint density at radius 1 is 1.05 bits per heavy atom. The van der Waals surface area contributed by atoms with Crippen LogP contribution in [0, 0.1) is 0 Å². The second-order valence-electron chi connectivity index (χ2n) is 4.48. The molecule has 0 saturated heterocycles. The lowest BCUT2D eigenvalue weighted by Gasteiger charge is -2.04. The van der Waals surface area contributed by atoms with Gasteiger partial charge in [0.05, 0.1) is 11.4 Å². The molecule has 0 aromatic carbocycles. The fourth-order valence-corrected chi connectivity index (χ4v) is 2.06. The van der Waals surface area contributed by atoms with Gasteiger partial charge < -0.3 is 4.98 Å². The minimum Gasteiger partial charge on any atom is -0.341 e. The number of H-pyrrole nitrogens is 1. The molecule has 0 aliphatic carbocycles. The highest BCUT2D eigenvalue weighted by Crippen LogP contribution is 2.26. The lowest BCUT2D eigenvalue weighted by Crippen LogP contribution is -1.90. The van der Waals surface area contributed by atoms with Crippen molar-refractivity contribution in [3.8, 4) is 0 Å². The number of aromatic nitrogens is 2. The zero-order valence-electron chi connectivity index (χ0n) is 13.2. The van der Waals surface area contributed by atoms with Crippen molar-refractivity contribution in [3.05, 3.63) is 79.0 Å². The Balaban J connectivity index is 3.54. The first kappa shape index (κ1) is 16.7. The highest BCUT2D eigenvalue weighted by Gasteiger charge is 2.14. The summed E-state index contributed by atoms with van der Waals surface area (Å²) in [5.74, 6) is 0.971. The van der Waals surface area contributed by atoms with Gasteiger partial charge >= 0.3 is 0 Å². The van der Waals surface area contributed by atoms with E-state index >= 15 is 0 Å². The van der Waals surface area contributed by atoms with E-state index in [0.717, 1.165) is 34.8 Å². The molecular weight excluding hydrogens is 256 g/mol. The van der Waals surface area contributed by atoms with E-state index in [9.17, 15) is 0 Å². The van der Waals surface area contributed by atoms with Gasteiger partial charge in [0.25, 0.3) is 0 Å². The van der Waals surface area contributed by atoms with Gasteiger partial charge in [-0.1, -0.05) is 68.7 Å². The van der Waals surface area contributed by atoms with E-state index in [2.05, 4.69) is 31.1 Å². The van der Waals surface area contributed by atoms with Crippen molar-refractivity contribution in [2.24, 2.45) is 0 Å². The standard InChI is InChI=1S/C19H24N2/c1-6-11-15(12-7-2)18-19(21-17(10-5)20-18)16(13-8-3)14-9-4/h6-9,11-14H,1,3,10H2,2,4-5H3,(H,20,21)/b12-7-,14-9-,15-11+,16-13+. The molecule has 0 bridgehead atoms. The third-order valence-electron chi connectivity index (χ3n) is 2.94. The number of aryl methyl sites for hydroxylation is 1. The van der Waals surface area contributed by atoms with Crippen LogP contribution in [0.25, 0.3) is 11.1 Å². The van der Waals surface area contributed by atoms with Gasteiger partial charge in [0.2, 0.25) is 0 Å². The van der Waals surface area contributed by atoms with E-state index in [4.69, 9.17) is 4.98 Å². The minimum absolute atomic E-state index is 0.863. The normalized spacial score (nSPS) is 13.3. The Bertz CT molecular complexity index is 556. The van der Waals surface area contributed by atoms with Gasteiger partial charge in [-0.25, -0.2) is 4.98 Å². The maximum absolute atomic E-state index is 4.72. The lowest BCUT2D eigenvalue weighted by atomic mass is 10.0. The fourth-order valence-electron chi connectivity index (χ4n) is 2.06. The van der Waals surface area contributed by atoms with Crippen LogP contribution >= 0.6 is 0 Å². The Morgan fingerprint density at radius 3 is 2.14 bits per heavy atom. The van der Waals surface area contributed by atoms with Crippen LogP contribution in [0.1, 0.15) is 38.0 Å². The molecule has 0 aliphatic rings. The number of aromatic amines is 1. The van der Waals surface area contributed by atoms with E-state index in [-0.39, 0.29) is 0 Å². The van der Waals surface area contributed by atoms with Crippen molar-refractivity contribution in [1.82, 2.24) is 9.97 Å². The van der Waals surface area contributed by atoms with E-state index < -0.39 is 0 Å². The summed E-state index contributed by atoms with van der Waals surface area (Å²) in [6.07, 6.45) is 16.5. The van der Waals surface area contributed by atoms with E-state index in [1.165, 1.54) is 0 Å². The summed E-state index contributed by atoms with van der Waals surface area (Å²) in [7, 11) is 0. The number of hydrogen-bond donors (Lipinski definition) is 1. The molecule has 2 heteroatoms. The molecule has 0 saturated carbocycles. The Kier molecular flexibility index (Phi) is 6.96. The third kappa shape index (κ3) is 4.32. The average molecular weight is 280 g/mol. The zero-order chi connectivity index (χ0) is 15.7. The molecule has 0 radical (unpaired) electrons. The maximum atomic E-state index is 4.72. The summed E-state index contributed by atoms with van der Waals surface area (Å²) >= 11 is 0. The Morgan fingerprint density at radius 2 is 1.62 bits per heavy atom. The van der Waals surface area contributed by atoms with Gasteiger partial charge in [0.1, 0.15) is 5.82 Å². The second kappa shape index (κ2) is 8.75. The molecule has 0 amide bonds. The van der Waals surface area contributed by atoms with Crippen molar-refractivity contribution in [1.29, 1.82) is 0 Å². The summed E-state index contributed by atoms with van der Waals surface area (Å²) in [6, 6.07) is 0. The number of allylic oxidation sites excluding steroid dienone is 10. The van der Waals surface area contributed by atoms with Crippen molar-refractivity contribution in [2.75, 3.05) is 0 Å². The molecular formula is C19H24N2. The number of imidazole rings is 1. The van der Waals surface area contributed by atoms with Gasteiger partial charge in [-0.15, -0.1) is 0 Å². The minimum atomic E-state index is 0.863. The number of nitrogens with one attached hydrogen (secondary N) is 1. The van der Waals surface area contributed by atoms with Crippen molar-refractivity contribution < 1.29 is 0 Å². The molecule has 0 fully saturated rings. The van der Waals surface area contributed by atoms with Crippen LogP contribution in [0.2, 0.25) is 0 Å². The molecule has 1 aromatic rings. The summed E-state index contributed by atoms with van der Waals surface area (Å²) < 4.78 is 0. The number of rotatable bonds is 7. The molecule has 0 aliphatic heterocycles. The molecule has 0 spiro atoms. The fraction of sp³-hybridized carbons (Fsp3) is 0.211. The largest absolute Gasteiger partial charge is 0.341 e. The first-order valence-corrected chi connectivity index (χ1v) is 7.22. The van der Waals surface area contributed by atoms with Gasteiger partial charge in [-0.2, -0.15) is 0 Å². The first-order valence-electron chi connectivity index (χ1n) is 7.22. The van der Waals surface area contributed by atoms with Gasteiger partial charge in [-0.3, -0.25) is 0 Å². The zero-order valence-corrected chi connectivity index (χ0v) is 13.2. The molecule has 1 rings (SSSR count). The number of nitrogens with zero attached hydrogens (tertiary/aromatic N) is 1. The van der Waals surface area contributed by atoms with E-state index in [1.807, 2.05) is 44.2 Å². The monoisotopic (exact) mass is 280 g/mol. The second-order valence-corrected chi connectivity index (χ2v) is 4.48. The van der Waals surface area contributed by atoms with Crippen LogP contribution in [0.3, 0.4) is 0 Å². The third-order valence-corrected chi connectivity index (χ3v) is 2.94. The van der Waals surface area contributed by atoms with E-state index in [0.29, 0.717) is 0 Å². The van der Waals surface area contributed by atoms with Crippen LogP contribution in [-0.2, 0) is 6.42 Å². The summed E-state index contributed by atoms with van der Waals surface area (Å²) in [6.45, 7) is 13.7. The molecule has 0 unspecified atom stereocenters. The SMILES string of the molecule is C=C/C=C(\C=C/C)c1nc(CC)[nH]c1C(/C=C\C)=C/C=C. The summed E-state index contributed by atoms with van der Waals surface area (Å²) in [5, 5.41) is 0.